The third-order valence-corrected chi connectivity index (χ3v) is 10.0. The Morgan fingerprint density at radius 2 is 0.926 bits per heavy atom. The Morgan fingerprint density at radius 3 is 1.57 bits per heavy atom. The summed E-state index contributed by atoms with van der Waals surface area (Å²) in [5.74, 6) is 0.654. The first kappa shape index (κ1) is 31.4. The molecule has 2 aromatic heterocycles. The number of aromatic nitrogens is 2. The molecule has 2 heterocycles. The van der Waals surface area contributed by atoms with Crippen molar-refractivity contribution >= 4 is 49.8 Å². The summed E-state index contributed by atoms with van der Waals surface area (Å²) in [6.45, 7) is 0. The summed E-state index contributed by atoms with van der Waals surface area (Å²) < 4.78 is 6.94. The maximum Gasteiger partial charge on any atom is 0.161 e. The molecule has 0 aliphatic heterocycles. The number of nitrogens with zero attached hydrogens (tertiary/aromatic N) is 3. The van der Waals surface area contributed by atoms with Gasteiger partial charge in [-0.15, -0.1) is 0 Å². The van der Waals surface area contributed by atoms with Gasteiger partial charge in [-0.3, -0.25) is 0 Å². The molecule has 0 atom stereocenters. The van der Waals surface area contributed by atoms with E-state index in [9.17, 15) is 0 Å². The van der Waals surface area contributed by atoms with Crippen LogP contribution >= 0.6 is 0 Å². The van der Waals surface area contributed by atoms with Crippen molar-refractivity contribution in [3.8, 4) is 45.0 Å². The summed E-state index contributed by atoms with van der Waals surface area (Å²) >= 11 is 0. The smallest absolute Gasteiger partial charge is 0.161 e. The second-order valence-electron chi connectivity index (χ2n) is 13.4. The molecule has 0 saturated heterocycles. The first-order valence-corrected chi connectivity index (χ1v) is 18.2. The van der Waals surface area contributed by atoms with E-state index in [-0.39, 0.29) is 0 Å². The number of para-hydroxylation sites is 2. The van der Waals surface area contributed by atoms with Gasteiger partial charge < -0.3 is 9.32 Å². The van der Waals surface area contributed by atoms with Crippen molar-refractivity contribution in [1.82, 2.24) is 9.97 Å². The zero-order valence-electron chi connectivity index (χ0n) is 29.3. The molecule has 0 spiro atoms. The lowest BCUT2D eigenvalue weighted by Gasteiger charge is -2.26. The number of anilines is 3. The van der Waals surface area contributed by atoms with Gasteiger partial charge in [0, 0.05) is 50.1 Å². The third kappa shape index (κ3) is 5.58. The molecule has 254 valence electrons. The van der Waals surface area contributed by atoms with E-state index >= 15 is 0 Å². The fourth-order valence-corrected chi connectivity index (χ4v) is 7.56. The summed E-state index contributed by atoms with van der Waals surface area (Å²) in [4.78, 5) is 12.7. The van der Waals surface area contributed by atoms with E-state index in [1.54, 1.807) is 0 Å². The molecule has 0 amide bonds. The molecular formula is C50H33N3O. The molecule has 0 aliphatic rings. The fourth-order valence-electron chi connectivity index (χ4n) is 7.56. The van der Waals surface area contributed by atoms with E-state index < -0.39 is 0 Å². The Hall–Kier alpha value is -7.30. The van der Waals surface area contributed by atoms with Crippen molar-refractivity contribution < 1.29 is 4.42 Å². The highest BCUT2D eigenvalue weighted by molar-refractivity contribution is 6.25. The van der Waals surface area contributed by atoms with Gasteiger partial charge in [-0.1, -0.05) is 146 Å². The summed E-state index contributed by atoms with van der Waals surface area (Å²) in [5, 5.41) is 4.31. The van der Waals surface area contributed by atoms with Gasteiger partial charge in [-0.25, -0.2) is 9.97 Å². The quantitative estimate of drug-likeness (QED) is 0.167. The zero-order chi connectivity index (χ0) is 35.8. The predicted molar refractivity (Wildman–Crippen MR) is 223 cm³/mol. The normalized spacial score (nSPS) is 11.3. The highest BCUT2D eigenvalue weighted by atomic mass is 16.3. The van der Waals surface area contributed by atoms with Crippen LogP contribution in [-0.2, 0) is 0 Å². The second kappa shape index (κ2) is 13.4. The summed E-state index contributed by atoms with van der Waals surface area (Å²) in [6.07, 6.45) is 0. The first-order chi connectivity index (χ1) is 26.8. The molecule has 10 aromatic rings. The molecule has 54 heavy (non-hydrogen) atoms. The number of benzene rings is 8. The molecule has 0 fully saturated rings. The predicted octanol–water partition coefficient (Wildman–Crippen LogP) is 13.7. The zero-order valence-corrected chi connectivity index (χ0v) is 29.3. The SMILES string of the molecule is c1ccc(-c2cc(-c3ccccc3)nc(-c3cccc4oc5c(-c6cccc(N(c7ccccc7)c7ccccc7)c6)cc6ccccc6c5c34)n2)cc1. The second-order valence-corrected chi connectivity index (χ2v) is 13.4. The van der Waals surface area contributed by atoms with Gasteiger partial charge in [-0.2, -0.15) is 0 Å². The molecule has 0 N–H and O–H groups in total. The monoisotopic (exact) mass is 691 g/mol. The Morgan fingerprint density at radius 1 is 0.389 bits per heavy atom. The van der Waals surface area contributed by atoms with Gasteiger partial charge in [0.2, 0.25) is 0 Å². The van der Waals surface area contributed by atoms with Crippen LogP contribution < -0.4 is 4.90 Å². The molecule has 0 radical (unpaired) electrons. The van der Waals surface area contributed by atoms with E-state index in [4.69, 9.17) is 14.4 Å². The maximum absolute atomic E-state index is 6.94. The molecule has 10 rings (SSSR count). The fraction of sp³-hybridized carbons (Fsp3) is 0. The van der Waals surface area contributed by atoms with Crippen LogP contribution in [-0.4, -0.2) is 9.97 Å². The van der Waals surface area contributed by atoms with Crippen LogP contribution in [0.2, 0.25) is 0 Å². The van der Waals surface area contributed by atoms with Gasteiger partial charge in [0.05, 0.1) is 11.4 Å². The third-order valence-electron chi connectivity index (χ3n) is 10.0. The van der Waals surface area contributed by atoms with Crippen LogP contribution in [0.5, 0.6) is 0 Å². The van der Waals surface area contributed by atoms with Crippen LogP contribution in [0.1, 0.15) is 0 Å². The van der Waals surface area contributed by atoms with E-state index in [1.807, 2.05) is 42.5 Å². The summed E-state index contributed by atoms with van der Waals surface area (Å²) in [5.41, 5.74) is 11.7. The summed E-state index contributed by atoms with van der Waals surface area (Å²) in [7, 11) is 0. The minimum absolute atomic E-state index is 0.654. The van der Waals surface area contributed by atoms with Crippen molar-refractivity contribution in [2.24, 2.45) is 0 Å². The van der Waals surface area contributed by atoms with Gasteiger partial charge in [0.1, 0.15) is 11.2 Å². The Kier molecular flexibility index (Phi) is 7.77. The average molecular weight is 692 g/mol. The molecular weight excluding hydrogens is 659 g/mol. The van der Waals surface area contributed by atoms with Crippen molar-refractivity contribution in [1.29, 1.82) is 0 Å². The van der Waals surface area contributed by atoms with Gasteiger partial charge >= 0.3 is 0 Å². The lowest BCUT2D eigenvalue weighted by atomic mass is 9.94. The number of hydrogen-bond acceptors (Lipinski definition) is 4. The van der Waals surface area contributed by atoms with Crippen LogP contribution in [0.4, 0.5) is 17.1 Å². The average Bonchev–Trinajstić information content (AvgIpc) is 3.65. The molecule has 4 heteroatoms. The topological polar surface area (TPSA) is 42.2 Å². The Bertz CT molecular complexity index is 2830. The molecule has 8 aromatic carbocycles. The van der Waals surface area contributed by atoms with Crippen LogP contribution in [0.15, 0.2) is 205 Å². The van der Waals surface area contributed by atoms with Crippen molar-refractivity contribution in [3.05, 3.63) is 200 Å². The minimum Gasteiger partial charge on any atom is -0.455 e. The van der Waals surface area contributed by atoms with E-state index in [0.29, 0.717) is 5.82 Å². The van der Waals surface area contributed by atoms with Gasteiger partial charge in [-0.05, 0) is 70.9 Å². The van der Waals surface area contributed by atoms with E-state index in [0.717, 1.165) is 89.0 Å². The number of furan rings is 1. The van der Waals surface area contributed by atoms with Crippen LogP contribution in [0.25, 0.3) is 77.7 Å². The molecule has 0 unspecified atom stereocenters. The number of fused-ring (bicyclic) bond motifs is 5. The van der Waals surface area contributed by atoms with E-state index in [2.05, 4.69) is 163 Å². The van der Waals surface area contributed by atoms with Crippen molar-refractivity contribution in [2.75, 3.05) is 4.90 Å². The minimum atomic E-state index is 0.654. The highest BCUT2D eigenvalue weighted by Gasteiger charge is 2.22. The Labute approximate surface area is 313 Å². The molecule has 4 nitrogen and oxygen atoms in total. The molecule has 0 bridgehead atoms. The Balaban J connectivity index is 1.21. The lowest BCUT2D eigenvalue weighted by Crippen LogP contribution is -2.09. The van der Waals surface area contributed by atoms with E-state index in [1.165, 1.54) is 0 Å². The van der Waals surface area contributed by atoms with Crippen molar-refractivity contribution in [3.63, 3.8) is 0 Å². The number of hydrogen-bond donors (Lipinski definition) is 0. The molecule has 0 aliphatic carbocycles. The van der Waals surface area contributed by atoms with Gasteiger partial charge in [0.15, 0.2) is 5.82 Å². The molecule has 0 saturated carbocycles. The van der Waals surface area contributed by atoms with Gasteiger partial charge in [0.25, 0.3) is 0 Å². The van der Waals surface area contributed by atoms with Crippen molar-refractivity contribution in [2.45, 2.75) is 0 Å². The standard InChI is InChI=1S/C50H33N3O/c1-5-17-34(18-6-1)44-33-45(35-19-7-2-8-20-35)52-50(51-44)42-29-16-30-46-47(42)48-41-28-14-13-21-37(41)32-43(49(48)54-46)36-22-15-27-40(31-36)53(38-23-9-3-10-24-38)39-25-11-4-12-26-39/h1-33H. The van der Waals surface area contributed by atoms with Crippen LogP contribution in [0, 0.1) is 0 Å². The van der Waals surface area contributed by atoms with Crippen LogP contribution in [0.3, 0.4) is 0 Å². The first-order valence-electron chi connectivity index (χ1n) is 18.2. The summed E-state index contributed by atoms with van der Waals surface area (Å²) in [6, 6.07) is 69.5. The largest absolute Gasteiger partial charge is 0.455 e. The maximum atomic E-state index is 6.94. The lowest BCUT2D eigenvalue weighted by molar-refractivity contribution is 0.670. The number of rotatable bonds is 7. The highest BCUT2D eigenvalue weighted by Crippen LogP contribution is 2.45.